The molecule has 0 amide bonds. The molecule has 0 fully saturated rings. The lowest BCUT2D eigenvalue weighted by Gasteiger charge is -2.07. The van der Waals surface area contributed by atoms with Gasteiger partial charge in [0.05, 0.1) is 7.05 Å². The standard InChI is InChI=1S/C8H12N2O2/c1-7(5-8(11)12)10-4-3-9(2)6-10/h3-4,6-7H,5H2,1-2H3. The summed E-state index contributed by atoms with van der Waals surface area (Å²) in [6.45, 7) is 1.84. The Bertz CT molecular complexity index is 280. The second-order valence-corrected chi connectivity index (χ2v) is 2.95. The second-order valence-electron chi connectivity index (χ2n) is 2.95. The first-order chi connectivity index (χ1) is 5.59. The molecule has 0 radical (unpaired) electrons. The van der Waals surface area contributed by atoms with Crippen LogP contribution in [0.25, 0.3) is 0 Å². The summed E-state index contributed by atoms with van der Waals surface area (Å²) in [7, 11) is 1.89. The highest BCUT2D eigenvalue weighted by atomic mass is 16.4. The molecule has 1 aromatic rings. The van der Waals surface area contributed by atoms with E-state index < -0.39 is 5.97 Å². The quantitative estimate of drug-likeness (QED) is 0.544. The van der Waals surface area contributed by atoms with Crippen LogP contribution in [0.4, 0.5) is 0 Å². The van der Waals surface area contributed by atoms with Gasteiger partial charge < -0.3 is 9.90 Å². The van der Waals surface area contributed by atoms with Crippen molar-refractivity contribution in [2.45, 2.75) is 19.4 Å². The van der Waals surface area contributed by atoms with E-state index in [2.05, 4.69) is 0 Å². The molecule has 66 valence electrons. The van der Waals surface area contributed by atoms with Crippen molar-refractivity contribution >= 4 is 5.97 Å². The number of carbonyl (C=O) groups is 1. The van der Waals surface area contributed by atoms with Crippen LogP contribution in [0.2, 0.25) is 0 Å². The maximum Gasteiger partial charge on any atom is 0.243 e. The van der Waals surface area contributed by atoms with Gasteiger partial charge in [-0.3, -0.25) is 0 Å². The van der Waals surface area contributed by atoms with Gasteiger partial charge in [0.2, 0.25) is 6.33 Å². The van der Waals surface area contributed by atoms with Crippen molar-refractivity contribution in [2.75, 3.05) is 0 Å². The molecule has 0 aliphatic rings. The minimum Gasteiger partial charge on any atom is -0.550 e. The van der Waals surface area contributed by atoms with Crippen molar-refractivity contribution < 1.29 is 14.5 Å². The van der Waals surface area contributed by atoms with E-state index in [9.17, 15) is 9.90 Å². The summed E-state index contributed by atoms with van der Waals surface area (Å²) < 4.78 is 3.71. The summed E-state index contributed by atoms with van der Waals surface area (Å²) in [6.07, 6.45) is 5.60. The normalized spacial score (nSPS) is 12.8. The van der Waals surface area contributed by atoms with E-state index in [4.69, 9.17) is 0 Å². The largest absolute Gasteiger partial charge is 0.550 e. The van der Waals surface area contributed by atoms with E-state index in [1.807, 2.05) is 41.8 Å². The molecule has 1 rings (SSSR count). The molecular weight excluding hydrogens is 156 g/mol. The number of imidazole rings is 1. The molecule has 0 aliphatic heterocycles. The zero-order chi connectivity index (χ0) is 9.14. The van der Waals surface area contributed by atoms with Gasteiger partial charge in [0.25, 0.3) is 0 Å². The van der Waals surface area contributed by atoms with Crippen LogP contribution in [0, 0.1) is 0 Å². The molecule has 4 heteroatoms. The molecule has 1 atom stereocenters. The topological polar surface area (TPSA) is 48.9 Å². The number of nitrogens with zero attached hydrogens (tertiary/aromatic N) is 2. The van der Waals surface area contributed by atoms with E-state index >= 15 is 0 Å². The molecule has 1 unspecified atom stereocenters. The third kappa shape index (κ3) is 2.08. The highest BCUT2D eigenvalue weighted by Gasteiger charge is 2.09. The summed E-state index contributed by atoms with van der Waals surface area (Å²) in [5.41, 5.74) is 0. The average Bonchev–Trinajstić information content (AvgIpc) is 2.34. The Hall–Kier alpha value is -1.32. The fraction of sp³-hybridized carbons (Fsp3) is 0.500. The Morgan fingerprint density at radius 3 is 2.83 bits per heavy atom. The Labute approximate surface area is 71.1 Å². The Morgan fingerprint density at radius 1 is 1.75 bits per heavy atom. The van der Waals surface area contributed by atoms with Crippen LogP contribution in [0.3, 0.4) is 0 Å². The van der Waals surface area contributed by atoms with Crippen LogP contribution in [-0.2, 0) is 11.8 Å². The van der Waals surface area contributed by atoms with E-state index in [0.717, 1.165) is 0 Å². The third-order valence-electron chi connectivity index (χ3n) is 1.76. The van der Waals surface area contributed by atoms with Crippen molar-refractivity contribution in [3.8, 4) is 0 Å². The summed E-state index contributed by atoms with van der Waals surface area (Å²) in [6, 6.07) is -0.0452. The molecule has 4 nitrogen and oxygen atoms in total. The fourth-order valence-corrected chi connectivity index (χ4v) is 1.08. The lowest BCUT2D eigenvalue weighted by atomic mass is 10.2. The van der Waals surface area contributed by atoms with Gasteiger partial charge in [0, 0.05) is 12.4 Å². The summed E-state index contributed by atoms with van der Waals surface area (Å²) in [4.78, 5) is 10.3. The van der Waals surface area contributed by atoms with Gasteiger partial charge in [-0.25, -0.2) is 9.13 Å². The number of rotatable bonds is 3. The Kier molecular flexibility index (Phi) is 2.47. The summed E-state index contributed by atoms with van der Waals surface area (Å²) in [5.74, 6) is -1.01. The third-order valence-corrected chi connectivity index (χ3v) is 1.76. The lowest BCUT2D eigenvalue weighted by Crippen LogP contribution is -2.27. The number of aryl methyl sites for hydroxylation is 1. The van der Waals surface area contributed by atoms with E-state index in [0.29, 0.717) is 0 Å². The first-order valence-electron chi connectivity index (χ1n) is 3.82. The maximum absolute atomic E-state index is 10.3. The molecule has 0 saturated heterocycles. The highest BCUT2D eigenvalue weighted by Crippen LogP contribution is 2.07. The van der Waals surface area contributed by atoms with Gasteiger partial charge in [-0.1, -0.05) is 0 Å². The van der Waals surface area contributed by atoms with Crippen LogP contribution in [0.5, 0.6) is 0 Å². The first-order valence-corrected chi connectivity index (χ1v) is 3.82. The van der Waals surface area contributed by atoms with E-state index in [1.54, 1.807) is 0 Å². The number of hydrogen-bond donors (Lipinski definition) is 0. The van der Waals surface area contributed by atoms with Gasteiger partial charge in [-0.05, 0) is 6.92 Å². The molecule has 12 heavy (non-hydrogen) atoms. The van der Waals surface area contributed by atoms with E-state index in [-0.39, 0.29) is 12.5 Å². The molecule has 1 heterocycles. The number of carboxylic acids is 1. The van der Waals surface area contributed by atoms with Crippen molar-refractivity contribution in [3.63, 3.8) is 0 Å². The van der Waals surface area contributed by atoms with Crippen LogP contribution < -0.4 is 9.67 Å². The molecule has 0 N–H and O–H groups in total. The summed E-state index contributed by atoms with van der Waals surface area (Å²) >= 11 is 0. The van der Waals surface area contributed by atoms with Crippen molar-refractivity contribution in [1.29, 1.82) is 0 Å². The van der Waals surface area contributed by atoms with Crippen LogP contribution >= 0.6 is 0 Å². The molecular formula is C8H12N2O2. The maximum atomic E-state index is 10.3. The van der Waals surface area contributed by atoms with Gasteiger partial charge in [0.15, 0.2) is 0 Å². The van der Waals surface area contributed by atoms with Gasteiger partial charge in [-0.2, -0.15) is 0 Å². The van der Waals surface area contributed by atoms with Crippen molar-refractivity contribution in [1.82, 2.24) is 4.57 Å². The van der Waals surface area contributed by atoms with Gasteiger partial charge in [-0.15, -0.1) is 0 Å². The van der Waals surface area contributed by atoms with Crippen LogP contribution in [0.15, 0.2) is 18.7 Å². The van der Waals surface area contributed by atoms with Gasteiger partial charge in [0.1, 0.15) is 18.4 Å². The Balaban J connectivity index is 2.64. The molecule has 0 aromatic carbocycles. The number of aliphatic carboxylic acids is 1. The zero-order valence-corrected chi connectivity index (χ0v) is 7.23. The van der Waals surface area contributed by atoms with E-state index in [1.165, 1.54) is 0 Å². The average molecular weight is 168 g/mol. The predicted molar refractivity (Wildman–Crippen MR) is 39.9 cm³/mol. The van der Waals surface area contributed by atoms with Crippen LogP contribution in [-0.4, -0.2) is 10.5 Å². The fourth-order valence-electron chi connectivity index (χ4n) is 1.08. The molecule has 0 spiro atoms. The molecule has 0 bridgehead atoms. The molecule has 0 saturated carbocycles. The van der Waals surface area contributed by atoms with Crippen molar-refractivity contribution in [3.05, 3.63) is 18.7 Å². The zero-order valence-electron chi connectivity index (χ0n) is 7.23. The molecule has 1 aromatic heterocycles. The number of carbonyl (C=O) groups excluding carboxylic acids is 1. The second kappa shape index (κ2) is 3.38. The minimum absolute atomic E-state index is 0.0452. The lowest BCUT2D eigenvalue weighted by molar-refractivity contribution is -0.671. The number of carboxylic acid groups (broad SMARTS) is 1. The highest BCUT2D eigenvalue weighted by molar-refractivity contribution is 5.64. The number of aromatic nitrogens is 2. The Morgan fingerprint density at radius 2 is 2.42 bits per heavy atom. The SMILES string of the molecule is CC(CC(=O)[O-])n1cc[n+](C)c1. The van der Waals surface area contributed by atoms with Crippen LogP contribution in [0.1, 0.15) is 19.4 Å². The first kappa shape index (κ1) is 8.77. The minimum atomic E-state index is -1.01. The summed E-state index contributed by atoms with van der Waals surface area (Å²) in [5, 5.41) is 10.3. The van der Waals surface area contributed by atoms with Gasteiger partial charge >= 0.3 is 0 Å². The smallest absolute Gasteiger partial charge is 0.243 e. The monoisotopic (exact) mass is 168 g/mol. The predicted octanol–water partition coefficient (Wildman–Crippen LogP) is -0.986. The van der Waals surface area contributed by atoms with Crippen molar-refractivity contribution in [2.24, 2.45) is 7.05 Å². The number of hydrogen-bond acceptors (Lipinski definition) is 2. The molecule has 0 aliphatic carbocycles.